The molecule has 0 radical (unpaired) electrons. The number of amides is 2. The number of likely N-dealkylation sites (N-methyl/N-ethyl adjacent to an activating group) is 1. The smallest absolute Gasteiger partial charge is 0.228 e. The van der Waals surface area contributed by atoms with E-state index in [2.05, 4.69) is 0 Å². The molecule has 1 unspecified atom stereocenters. The van der Waals surface area contributed by atoms with Gasteiger partial charge >= 0.3 is 0 Å². The van der Waals surface area contributed by atoms with E-state index in [0.29, 0.717) is 25.6 Å². The second kappa shape index (κ2) is 6.34. The Balaban J connectivity index is 1.51. The first-order valence-electron chi connectivity index (χ1n) is 7.91. The van der Waals surface area contributed by atoms with Crippen LogP contribution in [0.3, 0.4) is 0 Å². The summed E-state index contributed by atoms with van der Waals surface area (Å²) in [6.07, 6.45) is 6.58. The number of nitrogens with zero attached hydrogens (tertiary/aromatic N) is 2. The molecule has 2 fully saturated rings. The standard InChI is InChI=1S/C18H22N2O2/c1-19(11-5-8-14-6-3-2-4-7-14)18(22)15-12-17(21)20(13-15)16-9-10-16/h2-8,15-16H,9-13H2,1H3/b8-5+. The maximum absolute atomic E-state index is 12.4. The molecule has 4 nitrogen and oxygen atoms in total. The van der Waals surface area contributed by atoms with Crippen molar-refractivity contribution in [1.29, 1.82) is 0 Å². The van der Waals surface area contributed by atoms with Crippen molar-refractivity contribution in [2.75, 3.05) is 20.1 Å². The minimum atomic E-state index is -0.164. The summed E-state index contributed by atoms with van der Waals surface area (Å²) in [5, 5.41) is 0. The van der Waals surface area contributed by atoms with Crippen molar-refractivity contribution >= 4 is 17.9 Å². The molecule has 2 amide bonds. The van der Waals surface area contributed by atoms with Crippen molar-refractivity contribution in [3.63, 3.8) is 0 Å². The normalized spacial score (nSPS) is 21.6. The fourth-order valence-corrected chi connectivity index (χ4v) is 2.95. The number of likely N-dealkylation sites (tertiary alicyclic amines) is 1. The van der Waals surface area contributed by atoms with Gasteiger partial charge in [0.05, 0.1) is 5.92 Å². The van der Waals surface area contributed by atoms with Crippen molar-refractivity contribution < 1.29 is 9.59 Å². The van der Waals surface area contributed by atoms with E-state index >= 15 is 0 Å². The van der Waals surface area contributed by atoms with Crippen LogP contribution in [0.25, 0.3) is 6.08 Å². The molecule has 0 N–H and O–H groups in total. The van der Waals surface area contributed by atoms with Gasteiger partial charge in [0.25, 0.3) is 0 Å². The molecule has 116 valence electrons. The molecule has 3 rings (SSSR count). The van der Waals surface area contributed by atoms with Crippen LogP contribution in [0, 0.1) is 5.92 Å². The Morgan fingerprint density at radius 1 is 1.32 bits per heavy atom. The number of benzene rings is 1. The van der Waals surface area contributed by atoms with Crippen LogP contribution in [0.5, 0.6) is 0 Å². The second-order valence-corrected chi connectivity index (χ2v) is 6.21. The highest BCUT2D eigenvalue weighted by atomic mass is 16.2. The molecule has 0 bridgehead atoms. The lowest BCUT2D eigenvalue weighted by Crippen LogP contribution is -2.35. The van der Waals surface area contributed by atoms with Crippen LogP contribution in [0.15, 0.2) is 36.4 Å². The average molecular weight is 298 g/mol. The van der Waals surface area contributed by atoms with Gasteiger partial charge in [0.15, 0.2) is 0 Å². The van der Waals surface area contributed by atoms with Crippen molar-refractivity contribution in [1.82, 2.24) is 9.80 Å². The van der Waals surface area contributed by atoms with E-state index in [9.17, 15) is 9.59 Å². The van der Waals surface area contributed by atoms with Crippen molar-refractivity contribution in [3.8, 4) is 0 Å². The van der Waals surface area contributed by atoms with Crippen LogP contribution in [-0.4, -0.2) is 47.8 Å². The largest absolute Gasteiger partial charge is 0.342 e. The third kappa shape index (κ3) is 3.38. The monoisotopic (exact) mass is 298 g/mol. The summed E-state index contributed by atoms with van der Waals surface area (Å²) in [5.74, 6) is 0.0616. The van der Waals surface area contributed by atoms with Gasteiger partial charge in [-0.15, -0.1) is 0 Å². The van der Waals surface area contributed by atoms with Gasteiger partial charge in [-0.3, -0.25) is 9.59 Å². The highest BCUT2D eigenvalue weighted by Crippen LogP contribution is 2.33. The van der Waals surface area contributed by atoms with E-state index in [1.807, 2.05) is 54.4 Å². The zero-order chi connectivity index (χ0) is 15.5. The van der Waals surface area contributed by atoms with Crippen LogP contribution >= 0.6 is 0 Å². The van der Waals surface area contributed by atoms with Gasteiger partial charge < -0.3 is 9.80 Å². The molecule has 1 aliphatic heterocycles. The van der Waals surface area contributed by atoms with Crippen LogP contribution in [0.2, 0.25) is 0 Å². The van der Waals surface area contributed by atoms with Gasteiger partial charge in [-0.1, -0.05) is 42.5 Å². The molecule has 1 saturated heterocycles. The SMILES string of the molecule is CN(C/C=C/c1ccccc1)C(=O)C1CC(=O)N(C2CC2)C1. The molecule has 1 aliphatic carbocycles. The highest BCUT2D eigenvalue weighted by Gasteiger charge is 2.42. The Labute approximate surface area is 131 Å². The maximum atomic E-state index is 12.4. The van der Waals surface area contributed by atoms with E-state index in [4.69, 9.17) is 0 Å². The Morgan fingerprint density at radius 2 is 2.05 bits per heavy atom. The minimum absolute atomic E-state index is 0.0780. The zero-order valence-electron chi connectivity index (χ0n) is 12.9. The topological polar surface area (TPSA) is 40.6 Å². The van der Waals surface area contributed by atoms with Crippen molar-refractivity contribution in [2.45, 2.75) is 25.3 Å². The number of hydrogen-bond donors (Lipinski definition) is 0. The number of carbonyl (C=O) groups excluding carboxylic acids is 2. The lowest BCUT2D eigenvalue weighted by atomic mass is 10.1. The molecular formula is C18H22N2O2. The van der Waals surface area contributed by atoms with Crippen LogP contribution in [0.1, 0.15) is 24.8 Å². The molecule has 2 aliphatic rings. The zero-order valence-corrected chi connectivity index (χ0v) is 12.9. The minimum Gasteiger partial charge on any atom is -0.342 e. The molecular weight excluding hydrogens is 276 g/mol. The summed E-state index contributed by atoms with van der Waals surface area (Å²) >= 11 is 0. The van der Waals surface area contributed by atoms with Gasteiger partial charge in [0.1, 0.15) is 0 Å². The van der Waals surface area contributed by atoms with Gasteiger partial charge in [-0.25, -0.2) is 0 Å². The molecule has 1 heterocycles. The molecule has 1 aromatic carbocycles. The van der Waals surface area contributed by atoms with E-state index in [-0.39, 0.29) is 17.7 Å². The van der Waals surface area contributed by atoms with Crippen LogP contribution in [0.4, 0.5) is 0 Å². The molecule has 1 atom stereocenters. The fraction of sp³-hybridized carbons (Fsp3) is 0.444. The highest BCUT2D eigenvalue weighted by molar-refractivity contribution is 5.89. The Kier molecular flexibility index (Phi) is 4.27. The summed E-state index contributed by atoms with van der Waals surface area (Å²) in [7, 11) is 1.81. The van der Waals surface area contributed by atoms with E-state index in [0.717, 1.165) is 18.4 Å². The van der Waals surface area contributed by atoms with Gasteiger partial charge in [0, 0.05) is 32.6 Å². The first-order chi connectivity index (χ1) is 10.6. The van der Waals surface area contributed by atoms with E-state index in [1.165, 1.54) is 0 Å². The molecule has 0 spiro atoms. The summed E-state index contributed by atoms with van der Waals surface area (Å²) in [5.41, 5.74) is 1.12. The predicted molar refractivity (Wildman–Crippen MR) is 86.0 cm³/mol. The number of hydrogen-bond acceptors (Lipinski definition) is 2. The van der Waals surface area contributed by atoms with E-state index in [1.54, 1.807) is 4.90 Å². The quantitative estimate of drug-likeness (QED) is 0.836. The Morgan fingerprint density at radius 3 is 2.73 bits per heavy atom. The van der Waals surface area contributed by atoms with Gasteiger partial charge in [-0.05, 0) is 18.4 Å². The second-order valence-electron chi connectivity index (χ2n) is 6.21. The lowest BCUT2D eigenvalue weighted by molar-refractivity contribution is -0.134. The summed E-state index contributed by atoms with van der Waals surface area (Å²) in [6, 6.07) is 10.4. The summed E-state index contributed by atoms with van der Waals surface area (Å²) < 4.78 is 0. The van der Waals surface area contributed by atoms with Crippen LogP contribution < -0.4 is 0 Å². The fourth-order valence-electron chi connectivity index (χ4n) is 2.95. The molecule has 4 heteroatoms. The molecule has 1 aromatic rings. The predicted octanol–water partition coefficient (Wildman–Crippen LogP) is 2.17. The Bertz CT molecular complexity index is 578. The molecule has 22 heavy (non-hydrogen) atoms. The van der Waals surface area contributed by atoms with Gasteiger partial charge in [0.2, 0.25) is 11.8 Å². The van der Waals surface area contributed by atoms with Crippen molar-refractivity contribution in [2.24, 2.45) is 5.92 Å². The molecule has 1 saturated carbocycles. The van der Waals surface area contributed by atoms with Crippen LogP contribution in [-0.2, 0) is 9.59 Å². The third-order valence-electron chi connectivity index (χ3n) is 4.36. The first kappa shape index (κ1) is 14.8. The number of carbonyl (C=O) groups is 2. The average Bonchev–Trinajstić information content (AvgIpc) is 3.30. The maximum Gasteiger partial charge on any atom is 0.228 e. The number of rotatable bonds is 5. The third-order valence-corrected chi connectivity index (χ3v) is 4.36. The first-order valence-corrected chi connectivity index (χ1v) is 7.91. The summed E-state index contributed by atoms with van der Waals surface area (Å²) in [4.78, 5) is 28.0. The van der Waals surface area contributed by atoms with E-state index < -0.39 is 0 Å². The Hall–Kier alpha value is -2.10. The van der Waals surface area contributed by atoms with Gasteiger partial charge in [-0.2, -0.15) is 0 Å². The summed E-state index contributed by atoms with van der Waals surface area (Å²) in [6.45, 7) is 1.18. The lowest BCUT2D eigenvalue weighted by Gasteiger charge is -2.20. The molecule has 0 aromatic heterocycles. The van der Waals surface area contributed by atoms with Crippen molar-refractivity contribution in [3.05, 3.63) is 42.0 Å².